The molecule has 0 saturated carbocycles. The van der Waals surface area contributed by atoms with Gasteiger partial charge in [-0.2, -0.15) is 10.0 Å². The van der Waals surface area contributed by atoms with E-state index in [-0.39, 0.29) is 32.6 Å². The second kappa shape index (κ2) is 8.72. The summed E-state index contributed by atoms with van der Waals surface area (Å²) in [7, 11) is -3.62. The molecule has 3 heterocycles. The monoisotopic (exact) mass is 488 g/mol. The number of rotatable bonds is 5. The van der Waals surface area contributed by atoms with E-state index in [1.807, 2.05) is 31.2 Å². The molecule has 8 nitrogen and oxygen atoms in total. The van der Waals surface area contributed by atoms with Gasteiger partial charge in [-0.05, 0) is 54.9 Å². The molecule has 166 valence electrons. The van der Waals surface area contributed by atoms with Crippen LogP contribution in [0.5, 0.6) is 0 Å². The van der Waals surface area contributed by atoms with Gasteiger partial charge < -0.3 is 4.42 Å². The number of hydrogen-bond donors (Lipinski definition) is 1. The van der Waals surface area contributed by atoms with Crippen molar-refractivity contribution in [2.45, 2.75) is 30.8 Å². The topological polar surface area (TPSA) is 116 Å². The predicted molar refractivity (Wildman–Crippen MR) is 128 cm³/mol. The van der Waals surface area contributed by atoms with Crippen LogP contribution in [0.15, 0.2) is 66.5 Å². The maximum atomic E-state index is 12.5. The number of hydrazone groups is 1. The Hall–Kier alpha value is -2.63. The van der Waals surface area contributed by atoms with E-state index in [0.717, 1.165) is 27.2 Å². The van der Waals surface area contributed by atoms with E-state index in [0.29, 0.717) is 10.9 Å². The van der Waals surface area contributed by atoms with Crippen LogP contribution in [-0.2, 0) is 14.6 Å². The molecule has 0 unspecified atom stereocenters. The predicted octanol–water partition coefficient (Wildman–Crippen LogP) is 4.39. The molecular weight excluding hydrogens is 468 g/mol. The molecule has 1 N–H and O–H groups in total. The average Bonchev–Trinajstić information content (AvgIpc) is 3.33. The second-order valence-electron chi connectivity index (χ2n) is 7.63. The maximum Gasteiger partial charge on any atom is 0.283 e. The fraction of sp³-hybridized carbons (Fsp3) is 0.238. The van der Waals surface area contributed by atoms with E-state index >= 15 is 0 Å². The van der Waals surface area contributed by atoms with E-state index in [1.165, 1.54) is 17.8 Å². The summed E-state index contributed by atoms with van der Waals surface area (Å²) in [5.74, 6) is -0.653. The summed E-state index contributed by atoms with van der Waals surface area (Å²) in [4.78, 5) is 17.5. The van der Waals surface area contributed by atoms with E-state index in [9.17, 15) is 13.2 Å². The van der Waals surface area contributed by atoms with Crippen molar-refractivity contribution in [1.29, 1.82) is 5.41 Å². The minimum Gasteiger partial charge on any atom is -0.450 e. The molecule has 2 aliphatic rings. The standard InChI is InChI=1S/C21H20N4O4S3/c1-12(2)11-32(27,28)21-24-25-18(22)16(19(26)23-20(25)31-21)10-14-6-9-17(29-14)30-15-7-4-13(3)5-8-15/h4-10,12,22H,11H2,1-3H3/b16-10+,22-18?. The highest BCUT2D eigenvalue weighted by Crippen LogP contribution is 2.33. The number of carbonyl (C=O) groups excluding carboxylic acids is 1. The van der Waals surface area contributed by atoms with Crippen LogP contribution < -0.4 is 0 Å². The second-order valence-corrected chi connectivity index (χ2v) is 11.9. The number of hydrogen-bond acceptors (Lipinski definition) is 8. The fourth-order valence-electron chi connectivity index (χ4n) is 2.94. The first kappa shape index (κ1) is 22.6. The summed E-state index contributed by atoms with van der Waals surface area (Å²) >= 11 is 2.23. The summed E-state index contributed by atoms with van der Waals surface area (Å²) in [5, 5.41) is 14.2. The van der Waals surface area contributed by atoms with E-state index in [4.69, 9.17) is 9.83 Å². The molecule has 2 aromatic rings. The summed E-state index contributed by atoms with van der Waals surface area (Å²) in [6.07, 6.45) is 1.42. The van der Waals surface area contributed by atoms with Gasteiger partial charge in [-0.25, -0.2) is 8.42 Å². The number of nitrogens with zero attached hydrogens (tertiary/aromatic N) is 3. The van der Waals surface area contributed by atoms with Gasteiger partial charge in [-0.15, -0.1) is 5.10 Å². The summed E-state index contributed by atoms with van der Waals surface area (Å²) in [6.45, 7) is 5.61. The lowest BCUT2D eigenvalue weighted by atomic mass is 10.1. The molecule has 1 aromatic carbocycles. The lowest BCUT2D eigenvalue weighted by Crippen LogP contribution is -2.35. The highest BCUT2D eigenvalue weighted by Gasteiger charge is 2.39. The number of aliphatic imine (C=N–C) groups is 1. The highest BCUT2D eigenvalue weighted by molar-refractivity contribution is 8.42. The molecular formula is C21H20N4O4S3. The van der Waals surface area contributed by atoms with E-state index in [2.05, 4.69) is 10.1 Å². The lowest BCUT2D eigenvalue weighted by Gasteiger charge is -2.19. The molecule has 0 fully saturated rings. The fourth-order valence-corrected chi connectivity index (χ4v) is 6.51. The van der Waals surface area contributed by atoms with Crippen LogP contribution in [0.25, 0.3) is 6.08 Å². The first-order valence-electron chi connectivity index (χ1n) is 9.70. The molecule has 0 radical (unpaired) electrons. The Labute approximate surface area is 194 Å². The van der Waals surface area contributed by atoms with Crippen LogP contribution in [-0.4, -0.2) is 40.5 Å². The zero-order valence-electron chi connectivity index (χ0n) is 17.5. The number of amidine groups is 2. The van der Waals surface area contributed by atoms with Crippen LogP contribution >= 0.6 is 23.5 Å². The largest absolute Gasteiger partial charge is 0.450 e. The molecule has 0 spiro atoms. The first-order valence-corrected chi connectivity index (χ1v) is 13.0. The number of benzene rings is 1. The molecule has 2 aliphatic heterocycles. The van der Waals surface area contributed by atoms with Gasteiger partial charge in [0.1, 0.15) is 5.76 Å². The van der Waals surface area contributed by atoms with Crippen LogP contribution in [0.2, 0.25) is 0 Å². The molecule has 0 saturated heterocycles. The zero-order chi connectivity index (χ0) is 23.0. The van der Waals surface area contributed by atoms with Crippen molar-refractivity contribution in [2.24, 2.45) is 16.0 Å². The Balaban J connectivity index is 1.56. The van der Waals surface area contributed by atoms with Crippen molar-refractivity contribution >= 4 is 60.7 Å². The minimum atomic E-state index is -3.62. The third kappa shape index (κ3) is 4.74. The van der Waals surface area contributed by atoms with Crippen LogP contribution in [0.4, 0.5) is 0 Å². The third-order valence-corrected chi connectivity index (χ3v) is 8.75. The number of aryl methyl sites for hydroxylation is 1. The van der Waals surface area contributed by atoms with Gasteiger partial charge in [0.05, 0.1) is 11.3 Å². The average molecular weight is 489 g/mol. The third-order valence-electron chi connectivity index (χ3n) is 4.38. The number of fused-ring (bicyclic) bond motifs is 1. The Morgan fingerprint density at radius 1 is 1.22 bits per heavy atom. The van der Waals surface area contributed by atoms with Gasteiger partial charge in [0.25, 0.3) is 5.91 Å². The maximum absolute atomic E-state index is 12.5. The number of sulfone groups is 1. The van der Waals surface area contributed by atoms with Gasteiger partial charge >= 0.3 is 0 Å². The molecule has 4 rings (SSSR count). The lowest BCUT2D eigenvalue weighted by molar-refractivity contribution is -0.114. The molecule has 1 aromatic heterocycles. The molecule has 32 heavy (non-hydrogen) atoms. The van der Waals surface area contributed by atoms with Crippen LogP contribution in [0, 0.1) is 18.3 Å². The van der Waals surface area contributed by atoms with Crippen LogP contribution in [0.3, 0.4) is 0 Å². The van der Waals surface area contributed by atoms with Gasteiger partial charge in [0.2, 0.25) is 19.4 Å². The Morgan fingerprint density at radius 3 is 2.62 bits per heavy atom. The SMILES string of the molecule is Cc1ccc(Sc2ccc(/C=C3\C(=N)N4N=C(S(=O)(=O)CC(C)C)SC4=NC3=O)o2)cc1. The number of carbonyl (C=O) groups is 1. The van der Waals surface area contributed by atoms with E-state index in [1.54, 1.807) is 26.0 Å². The van der Waals surface area contributed by atoms with Gasteiger partial charge in [0.15, 0.2) is 10.9 Å². The summed E-state index contributed by atoms with van der Waals surface area (Å²) in [5.41, 5.74) is 1.14. The van der Waals surface area contributed by atoms with Gasteiger partial charge in [-0.1, -0.05) is 43.3 Å². The summed E-state index contributed by atoms with van der Waals surface area (Å²) in [6, 6.07) is 11.5. The molecule has 0 bridgehead atoms. The number of thioether (sulfide) groups is 1. The van der Waals surface area contributed by atoms with E-state index < -0.39 is 15.7 Å². The van der Waals surface area contributed by atoms with Gasteiger partial charge in [0, 0.05) is 4.90 Å². The van der Waals surface area contributed by atoms with Gasteiger partial charge in [-0.3, -0.25) is 10.2 Å². The summed E-state index contributed by atoms with van der Waals surface area (Å²) < 4.78 is 30.6. The number of furan rings is 1. The van der Waals surface area contributed by atoms with Crippen molar-refractivity contribution in [1.82, 2.24) is 5.01 Å². The first-order chi connectivity index (χ1) is 15.1. The molecule has 1 amide bonds. The molecule has 0 aliphatic carbocycles. The van der Waals surface area contributed by atoms with Crippen LogP contribution in [0.1, 0.15) is 25.2 Å². The molecule has 11 heteroatoms. The number of amides is 1. The Morgan fingerprint density at radius 2 is 1.94 bits per heavy atom. The normalized spacial score (nSPS) is 17.8. The van der Waals surface area contributed by atoms with Crippen molar-refractivity contribution in [3.8, 4) is 0 Å². The molecule has 0 atom stereocenters. The van der Waals surface area contributed by atoms with Crippen molar-refractivity contribution < 1.29 is 17.6 Å². The highest BCUT2D eigenvalue weighted by atomic mass is 32.3. The van der Waals surface area contributed by atoms with Crippen molar-refractivity contribution in [3.05, 3.63) is 53.3 Å². The Bertz CT molecular complexity index is 1290. The van der Waals surface area contributed by atoms with Crippen molar-refractivity contribution in [3.63, 3.8) is 0 Å². The Kier molecular flexibility index (Phi) is 6.15. The zero-order valence-corrected chi connectivity index (χ0v) is 20.0. The van der Waals surface area contributed by atoms with Crippen molar-refractivity contribution in [2.75, 3.05) is 5.75 Å². The number of nitrogens with one attached hydrogen (secondary N) is 1. The minimum absolute atomic E-state index is 0.0261. The smallest absolute Gasteiger partial charge is 0.283 e. The quantitative estimate of drug-likeness (QED) is 0.621.